The summed E-state index contributed by atoms with van der Waals surface area (Å²) in [4.78, 5) is 38.0. The van der Waals surface area contributed by atoms with Crippen LogP contribution in [-0.2, 0) is 0 Å². The molecule has 4 rings (SSSR count). The largest absolute Gasteiger partial charge is 0.410 e. The Morgan fingerprint density at radius 2 is 1.74 bits per heavy atom. The fraction of sp³-hybridized carbons (Fsp3) is 0.222. The van der Waals surface area contributed by atoms with Gasteiger partial charge in [-0.3, -0.25) is 14.4 Å². The molecule has 1 fully saturated rings. The van der Waals surface area contributed by atoms with E-state index in [1.54, 1.807) is 6.07 Å². The van der Waals surface area contributed by atoms with Crippen molar-refractivity contribution in [1.82, 2.24) is 0 Å². The molecule has 0 bridgehead atoms. The van der Waals surface area contributed by atoms with Gasteiger partial charge >= 0.3 is 0 Å². The topological polar surface area (TPSA) is 83.8 Å². The van der Waals surface area contributed by atoms with Crippen molar-refractivity contribution in [3.8, 4) is 0 Å². The van der Waals surface area contributed by atoms with Crippen molar-refractivity contribution >= 4 is 10.8 Å². The highest BCUT2D eigenvalue weighted by Gasteiger charge is 2.28. The summed E-state index contributed by atoms with van der Waals surface area (Å²) in [7, 11) is 0. The van der Waals surface area contributed by atoms with Crippen LogP contribution in [0.5, 0.6) is 0 Å². The van der Waals surface area contributed by atoms with Crippen LogP contribution in [0.1, 0.15) is 29.9 Å². The normalized spacial score (nSPS) is 15.6. The molecule has 114 valence electrons. The molecule has 1 N–H and O–H groups in total. The molecule has 3 aliphatic carbocycles. The summed E-state index contributed by atoms with van der Waals surface area (Å²) >= 11 is 0. The molecule has 0 unspecified atom stereocenters. The minimum Gasteiger partial charge on any atom is -0.410 e. The molecule has 5 nitrogen and oxygen atoms in total. The Hall–Kier alpha value is -2.82. The molecule has 0 radical (unpaired) electrons. The molecule has 0 spiro atoms. The van der Waals surface area contributed by atoms with Gasteiger partial charge in [0, 0.05) is 16.0 Å². The van der Waals surface area contributed by atoms with E-state index in [9.17, 15) is 14.4 Å². The van der Waals surface area contributed by atoms with Gasteiger partial charge in [0.15, 0.2) is 16.2 Å². The summed E-state index contributed by atoms with van der Waals surface area (Å²) < 4.78 is 0. The number of nitrogens with zero attached hydrogens (tertiary/aromatic N) is 1. The average molecular weight is 307 g/mol. The number of fused-ring (bicyclic) bond motifs is 1. The third-order valence-corrected chi connectivity index (χ3v) is 4.64. The van der Waals surface area contributed by atoms with E-state index in [4.69, 9.17) is 5.21 Å². The molecule has 5 heteroatoms. The van der Waals surface area contributed by atoms with Gasteiger partial charge in [-0.1, -0.05) is 17.3 Å². The van der Waals surface area contributed by atoms with E-state index >= 15 is 0 Å². The Morgan fingerprint density at radius 3 is 2.39 bits per heavy atom. The number of aryl methyl sites for hydroxylation is 1. The van der Waals surface area contributed by atoms with Gasteiger partial charge < -0.3 is 5.21 Å². The summed E-state index contributed by atoms with van der Waals surface area (Å²) in [5, 5.41) is 12.1. The van der Waals surface area contributed by atoms with E-state index in [0.29, 0.717) is 11.3 Å². The molecule has 1 saturated carbocycles. The van der Waals surface area contributed by atoms with Crippen molar-refractivity contribution in [2.45, 2.75) is 25.7 Å². The van der Waals surface area contributed by atoms with Gasteiger partial charge in [0.05, 0.1) is 5.22 Å². The van der Waals surface area contributed by atoms with Crippen LogP contribution in [0.4, 0.5) is 0 Å². The van der Waals surface area contributed by atoms with Crippen molar-refractivity contribution in [2.75, 3.05) is 0 Å². The lowest BCUT2D eigenvalue weighted by atomic mass is 9.94. The molecule has 0 saturated heterocycles. The van der Waals surface area contributed by atoms with E-state index in [1.165, 1.54) is 12.1 Å². The standard InChI is InChI=1S/C18H13NO4/c1-8-2-5-10-14(13(8)9-3-4-9)16(20)11-6-7-12(19-23)18(22)15(11)17(10)21/h2,5-7,9,23H,3-4H2,1H3. The zero-order valence-corrected chi connectivity index (χ0v) is 12.4. The number of benzene rings is 1. The van der Waals surface area contributed by atoms with Crippen LogP contribution in [0.25, 0.3) is 10.8 Å². The fourth-order valence-electron chi connectivity index (χ4n) is 3.39. The molecule has 1 aromatic rings. The van der Waals surface area contributed by atoms with Crippen LogP contribution in [0.2, 0.25) is 0 Å². The van der Waals surface area contributed by atoms with Crippen molar-refractivity contribution in [1.29, 1.82) is 0 Å². The van der Waals surface area contributed by atoms with Crippen LogP contribution in [0.3, 0.4) is 0 Å². The molecule has 0 aromatic heterocycles. The van der Waals surface area contributed by atoms with Crippen LogP contribution < -0.4 is 21.6 Å². The molecular formula is C18H13NO4. The highest BCUT2D eigenvalue weighted by molar-refractivity contribution is 5.87. The van der Waals surface area contributed by atoms with E-state index < -0.39 is 10.9 Å². The van der Waals surface area contributed by atoms with Gasteiger partial charge in [-0.2, -0.15) is 0 Å². The molecule has 0 amide bonds. The predicted molar refractivity (Wildman–Crippen MR) is 84.5 cm³/mol. The van der Waals surface area contributed by atoms with Crippen molar-refractivity contribution in [3.63, 3.8) is 0 Å². The second kappa shape index (κ2) is 4.59. The number of rotatable bonds is 1. The summed E-state index contributed by atoms with van der Waals surface area (Å²) in [6.07, 6.45) is 2.03. The van der Waals surface area contributed by atoms with E-state index in [0.717, 1.165) is 24.0 Å². The van der Waals surface area contributed by atoms with Crippen molar-refractivity contribution in [3.05, 3.63) is 81.9 Å². The Morgan fingerprint density at radius 1 is 1.00 bits per heavy atom. The Labute approximate surface area is 129 Å². The quantitative estimate of drug-likeness (QED) is 0.537. The van der Waals surface area contributed by atoms with E-state index in [2.05, 4.69) is 5.16 Å². The fourth-order valence-corrected chi connectivity index (χ4v) is 3.39. The second-order valence-corrected chi connectivity index (χ2v) is 6.09. The first-order valence-electron chi connectivity index (χ1n) is 7.46. The van der Waals surface area contributed by atoms with Gasteiger partial charge in [-0.25, -0.2) is 0 Å². The summed E-state index contributed by atoms with van der Waals surface area (Å²) in [5.41, 5.74) is 0.478. The van der Waals surface area contributed by atoms with Crippen molar-refractivity contribution < 1.29 is 5.21 Å². The molecule has 0 aliphatic heterocycles. The van der Waals surface area contributed by atoms with Gasteiger partial charge in [-0.15, -0.1) is 0 Å². The zero-order chi connectivity index (χ0) is 16.3. The van der Waals surface area contributed by atoms with Crippen LogP contribution >= 0.6 is 0 Å². The van der Waals surface area contributed by atoms with Crippen LogP contribution in [-0.4, -0.2) is 5.21 Å². The van der Waals surface area contributed by atoms with E-state index in [1.807, 2.05) is 13.0 Å². The summed E-state index contributed by atoms with van der Waals surface area (Å²) in [6, 6.07) is 6.10. The SMILES string of the molecule is Cc1ccc2c(=O)c3c(=O)c(=NO)ccc=3c(=O)c2c1C1CC1. The highest BCUT2D eigenvalue weighted by atomic mass is 16.4. The summed E-state index contributed by atoms with van der Waals surface area (Å²) in [6.45, 7) is 1.94. The molecule has 0 heterocycles. The van der Waals surface area contributed by atoms with Crippen LogP contribution in [0, 0.1) is 17.4 Å². The van der Waals surface area contributed by atoms with Gasteiger partial charge in [0.2, 0.25) is 5.43 Å². The maximum absolute atomic E-state index is 12.9. The van der Waals surface area contributed by atoms with Gasteiger partial charge in [0.1, 0.15) is 0 Å². The molecular weight excluding hydrogens is 294 g/mol. The first-order valence-corrected chi connectivity index (χ1v) is 7.46. The number of hydrogen-bond acceptors (Lipinski definition) is 5. The Kier molecular flexibility index (Phi) is 2.75. The maximum atomic E-state index is 12.9. The first kappa shape index (κ1) is 13.8. The van der Waals surface area contributed by atoms with Crippen LogP contribution in [0.15, 0.2) is 43.8 Å². The smallest absolute Gasteiger partial charge is 0.219 e. The first-order chi connectivity index (χ1) is 11.0. The monoisotopic (exact) mass is 307 g/mol. The maximum Gasteiger partial charge on any atom is 0.219 e. The molecule has 3 aliphatic rings. The number of hydrogen-bond donors (Lipinski definition) is 1. The zero-order valence-electron chi connectivity index (χ0n) is 12.4. The minimum atomic E-state index is -0.706. The van der Waals surface area contributed by atoms with Gasteiger partial charge in [-0.05, 0) is 48.9 Å². The molecule has 1 aromatic carbocycles. The Balaban J connectivity index is 2.41. The minimum absolute atomic E-state index is 0.104. The summed E-state index contributed by atoms with van der Waals surface area (Å²) in [5.74, 6) is 0.321. The molecule has 23 heavy (non-hydrogen) atoms. The Bertz CT molecular complexity index is 1250. The predicted octanol–water partition coefficient (Wildman–Crippen LogP) is 0.996. The van der Waals surface area contributed by atoms with E-state index in [-0.39, 0.29) is 26.6 Å². The second-order valence-electron chi connectivity index (χ2n) is 6.09. The lowest BCUT2D eigenvalue weighted by Gasteiger charge is -2.08. The lowest BCUT2D eigenvalue weighted by molar-refractivity contribution is 0.301. The van der Waals surface area contributed by atoms with Gasteiger partial charge in [0.25, 0.3) is 0 Å². The molecule has 0 atom stereocenters. The van der Waals surface area contributed by atoms with Crippen molar-refractivity contribution in [2.24, 2.45) is 5.16 Å². The highest BCUT2D eigenvalue weighted by Crippen LogP contribution is 2.43. The third-order valence-electron chi connectivity index (χ3n) is 4.64. The third kappa shape index (κ3) is 1.79. The lowest BCUT2D eigenvalue weighted by Crippen LogP contribution is -2.32. The average Bonchev–Trinajstić information content (AvgIpc) is 3.36.